The van der Waals surface area contributed by atoms with Crippen LogP contribution in [0.4, 0.5) is 11.4 Å². The summed E-state index contributed by atoms with van der Waals surface area (Å²) >= 11 is 24.3. The van der Waals surface area contributed by atoms with Crippen molar-refractivity contribution < 1.29 is 9.59 Å². The summed E-state index contributed by atoms with van der Waals surface area (Å²) in [7, 11) is 0. The van der Waals surface area contributed by atoms with Crippen molar-refractivity contribution in [3.8, 4) is 0 Å². The average Bonchev–Trinajstić information content (AvgIpc) is 2.46. The molecule has 0 fully saturated rings. The summed E-state index contributed by atoms with van der Waals surface area (Å²) in [6.07, 6.45) is -0.522. The summed E-state index contributed by atoms with van der Waals surface area (Å²) in [6, 6.07) is 9.18. The van der Waals surface area contributed by atoms with Gasteiger partial charge in [0.1, 0.15) is 6.42 Å². The van der Waals surface area contributed by atoms with Crippen LogP contribution in [0, 0.1) is 0 Å². The monoisotopic (exact) mass is 390 g/mol. The van der Waals surface area contributed by atoms with E-state index in [4.69, 9.17) is 52.1 Å². The number of anilines is 2. The number of hydrogen-bond donors (Lipinski definition) is 1. The first-order valence-electron chi connectivity index (χ1n) is 6.31. The third-order valence-electron chi connectivity index (χ3n) is 2.87. The molecule has 0 saturated heterocycles. The minimum Gasteiger partial charge on any atom is -0.369 e. The van der Waals surface area contributed by atoms with Gasteiger partial charge < -0.3 is 5.73 Å². The highest BCUT2D eigenvalue weighted by molar-refractivity contribution is 6.38. The van der Waals surface area contributed by atoms with E-state index in [9.17, 15) is 9.59 Å². The van der Waals surface area contributed by atoms with E-state index in [-0.39, 0.29) is 21.4 Å². The van der Waals surface area contributed by atoms with Gasteiger partial charge in [-0.1, -0.05) is 46.4 Å². The molecule has 2 amide bonds. The Morgan fingerprint density at radius 3 is 1.70 bits per heavy atom. The summed E-state index contributed by atoms with van der Waals surface area (Å²) in [4.78, 5) is 24.8. The number of amides is 2. The largest absolute Gasteiger partial charge is 0.369 e. The zero-order valence-corrected chi connectivity index (χ0v) is 14.5. The van der Waals surface area contributed by atoms with Gasteiger partial charge in [-0.2, -0.15) is 0 Å². The molecule has 0 aromatic heterocycles. The molecular weight excluding hydrogens is 382 g/mol. The van der Waals surface area contributed by atoms with Gasteiger partial charge in [0.25, 0.3) is 0 Å². The van der Waals surface area contributed by atoms with Crippen LogP contribution in [0.3, 0.4) is 0 Å². The number of benzene rings is 2. The standard InChI is InChI=1S/C15H10Cl4N2O2/c16-8-1-3-10(18)12(5-8)21(15(23)7-14(20)22)13-6-9(17)2-4-11(13)19/h1-6H,7H2,(H2,20,22). The highest BCUT2D eigenvalue weighted by Gasteiger charge is 2.24. The molecule has 2 aromatic rings. The van der Waals surface area contributed by atoms with Crippen molar-refractivity contribution in [3.63, 3.8) is 0 Å². The number of nitrogens with two attached hydrogens (primary N) is 1. The van der Waals surface area contributed by atoms with Crippen LogP contribution in [0.1, 0.15) is 6.42 Å². The normalized spacial score (nSPS) is 10.4. The highest BCUT2D eigenvalue weighted by Crippen LogP contribution is 2.39. The van der Waals surface area contributed by atoms with E-state index in [1.807, 2.05) is 0 Å². The zero-order chi connectivity index (χ0) is 17.1. The van der Waals surface area contributed by atoms with Crippen molar-refractivity contribution in [1.82, 2.24) is 0 Å². The number of halogens is 4. The fourth-order valence-corrected chi connectivity index (χ4v) is 2.68. The number of rotatable bonds is 4. The Hall–Kier alpha value is -1.46. The van der Waals surface area contributed by atoms with E-state index in [0.29, 0.717) is 10.0 Å². The average molecular weight is 392 g/mol. The van der Waals surface area contributed by atoms with E-state index >= 15 is 0 Å². The van der Waals surface area contributed by atoms with Crippen LogP contribution in [0.15, 0.2) is 36.4 Å². The first kappa shape index (κ1) is 17.9. The number of nitrogens with zero attached hydrogens (tertiary/aromatic N) is 1. The second-order valence-corrected chi connectivity index (χ2v) is 6.25. The van der Waals surface area contributed by atoms with Crippen LogP contribution in [-0.4, -0.2) is 11.8 Å². The molecule has 4 nitrogen and oxygen atoms in total. The van der Waals surface area contributed by atoms with Gasteiger partial charge in [-0.15, -0.1) is 0 Å². The molecule has 0 aliphatic rings. The second kappa shape index (κ2) is 7.41. The van der Waals surface area contributed by atoms with E-state index in [2.05, 4.69) is 0 Å². The van der Waals surface area contributed by atoms with Gasteiger partial charge in [-0.3, -0.25) is 14.5 Å². The minimum atomic E-state index is -0.781. The van der Waals surface area contributed by atoms with Gasteiger partial charge in [-0.05, 0) is 36.4 Å². The summed E-state index contributed by atoms with van der Waals surface area (Å²) in [5.41, 5.74) is 5.66. The van der Waals surface area contributed by atoms with Crippen LogP contribution in [0.2, 0.25) is 20.1 Å². The Morgan fingerprint density at radius 2 is 1.30 bits per heavy atom. The van der Waals surface area contributed by atoms with Crippen molar-refractivity contribution in [3.05, 3.63) is 56.5 Å². The lowest BCUT2D eigenvalue weighted by Crippen LogP contribution is -2.30. The van der Waals surface area contributed by atoms with Crippen molar-refractivity contribution in [2.45, 2.75) is 6.42 Å². The fourth-order valence-electron chi connectivity index (χ4n) is 1.94. The van der Waals surface area contributed by atoms with Gasteiger partial charge in [0.05, 0.1) is 21.4 Å². The molecule has 0 saturated carbocycles. The van der Waals surface area contributed by atoms with Crippen molar-refractivity contribution in [2.24, 2.45) is 5.73 Å². The van der Waals surface area contributed by atoms with Gasteiger partial charge in [-0.25, -0.2) is 0 Å². The lowest BCUT2D eigenvalue weighted by atomic mass is 10.2. The molecule has 23 heavy (non-hydrogen) atoms. The van der Waals surface area contributed by atoms with Gasteiger partial charge in [0, 0.05) is 10.0 Å². The second-order valence-electron chi connectivity index (χ2n) is 4.56. The van der Waals surface area contributed by atoms with Gasteiger partial charge in [0.15, 0.2) is 0 Å². The Balaban J connectivity index is 2.65. The predicted octanol–water partition coefficient (Wildman–Crippen LogP) is 4.84. The summed E-state index contributed by atoms with van der Waals surface area (Å²) in [6.45, 7) is 0. The maximum atomic E-state index is 12.5. The number of carbonyl (C=O) groups is 2. The molecule has 0 heterocycles. The molecule has 0 atom stereocenters. The quantitative estimate of drug-likeness (QED) is 0.757. The highest BCUT2D eigenvalue weighted by atomic mass is 35.5. The molecule has 8 heteroatoms. The van der Waals surface area contributed by atoms with Crippen molar-refractivity contribution in [2.75, 3.05) is 4.90 Å². The fraction of sp³-hybridized carbons (Fsp3) is 0.0667. The molecule has 0 spiro atoms. The van der Waals surface area contributed by atoms with Crippen LogP contribution < -0.4 is 10.6 Å². The van der Waals surface area contributed by atoms with E-state index in [0.717, 1.165) is 0 Å². The SMILES string of the molecule is NC(=O)CC(=O)N(c1cc(Cl)ccc1Cl)c1cc(Cl)ccc1Cl. The van der Waals surface area contributed by atoms with E-state index in [1.165, 1.54) is 29.2 Å². The lowest BCUT2D eigenvalue weighted by molar-refractivity contribution is -0.125. The smallest absolute Gasteiger partial charge is 0.241 e. The molecule has 0 aliphatic carbocycles. The molecule has 0 unspecified atom stereocenters. The molecule has 2 N–H and O–H groups in total. The molecule has 120 valence electrons. The molecule has 0 bridgehead atoms. The Morgan fingerprint density at radius 1 is 0.870 bits per heavy atom. The molecular formula is C15H10Cl4N2O2. The molecule has 0 radical (unpaired) electrons. The Kier molecular flexibility index (Phi) is 5.76. The van der Waals surface area contributed by atoms with Crippen LogP contribution in [0.25, 0.3) is 0 Å². The molecule has 0 aliphatic heterocycles. The summed E-state index contributed by atoms with van der Waals surface area (Å²) in [5.74, 6) is -1.39. The maximum absolute atomic E-state index is 12.5. The third kappa shape index (κ3) is 4.30. The van der Waals surface area contributed by atoms with Gasteiger partial charge >= 0.3 is 0 Å². The number of primary amides is 1. The first-order valence-corrected chi connectivity index (χ1v) is 7.82. The first-order chi connectivity index (χ1) is 10.8. The summed E-state index contributed by atoms with van der Waals surface area (Å²) in [5, 5.41) is 1.23. The topological polar surface area (TPSA) is 63.4 Å². The van der Waals surface area contributed by atoms with Crippen molar-refractivity contribution >= 4 is 69.6 Å². The molecule has 2 rings (SSSR count). The number of hydrogen-bond acceptors (Lipinski definition) is 2. The summed E-state index contributed by atoms with van der Waals surface area (Å²) < 4.78 is 0. The number of carbonyl (C=O) groups excluding carboxylic acids is 2. The van der Waals surface area contributed by atoms with Gasteiger partial charge in [0.2, 0.25) is 11.8 Å². The van der Waals surface area contributed by atoms with Crippen LogP contribution >= 0.6 is 46.4 Å². The predicted molar refractivity (Wildman–Crippen MR) is 93.9 cm³/mol. The van der Waals surface area contributed by atoms with Crippen molar-refractivity contribution in [1.29, 1.82) is 0 Å². The molecule has 2 aromatic carbocycles. The van der Waals surface area contributed by atoms with Crippen LogP contribution in [0.5, 0.6) is 0 Å². The Labute approximate surface area is 152 Å². The van der Waals surface area contributed by atoms with E-state index < -0.39 is 18.2 Å². The Bertz CT molecular complexity index is 729. The maximum Gasteiger partial charge on any atom is 0.241 e. The zero-order valence-electron chi connectivity index (χ0n) is 11.5. The minimum absolute atomic E-state index is 0.253. The third-order valence-corrected chi connectivity index (χ3v) is 3.98. The van der Waals surface area contributed by atoms with Crippen LogP contribution in [-0.2, 0) is 9.59 Å². The lowest BCUT2D eigenvalue weighted by Gasteiger charge is -2.25. The van der Waals surface area contributed by atoms with E-state index in [1.54, 1.807) is 12.1 Å².